The molecule has 0 radical (unpaired) electrons. The van der Waals surface area contributed by atoms with E-state index in [-0.39, 0.29) is 5.56 Å². The molecule has 0 fully saturated rings. The molecule has 6 heteroatoms. The molecule has 0 atom stereocenters. The summed E-state index contributed by atoms with van der Waals surface area (Å²) in [5.74, 6) is -0.931. The van der Waals surface area contributed by atoms with E-state index in [0.29, 0.717) is 12.1 Å². The van der Waals surface area contributed by atoms with Gasteiger partial charge in [0.25, 0.3) is 0 Å². The third-order valence-electron chi connectivity index (χ3n) is 2.73. The van der Waals surface area contributed by atoms with Crippen molar-refractivity contribution < 1.29 is 8.78 Å². The largest absolute Gasteiger partial charge is 0.246 e. The van der Waals surface area contributed by atoms with E-state index in [1.54, 1.807) is 16.7 Å². The van der Waals surface area contributed by atoms with Crippen molar-refractivity contribution in [2.45, 2.75) is 13.3 Å². The summed E-state index contributed by atoms with van der Waals surface area (Å²) < 4.78 is 26.9. The number of nitrogens with zero attached hydrogens (tertiary/aromatic N) is 2. The van der Waals surface area contributed by atoms with Gasteiger partial charge in [0.15, 0.2) is 0 Å². The molecule has 3 aromatic rings. The third-order valence-corrected chi connectivity index (χ3v) is 4.54. The Bertz CT molecular complexity index is 749. The van der Waals surface area contributed by atoms with Gasteiger partial charge < -0.3 is 0 Å². The highest BCUT2D eigenvalue weighted by Crippen LogP contribution is 2.26. The number of aryl methyl sites for hydroxylation is 1. The number of hydrogen-bond donors (Lipinski definition) is 0. The van der Waals surface area contributed by atoms with Crippen molar-refractivity contribution in [3.05, 3.63) is 56.3 Å². The van der Waals surface area contributed by atoms with Gasteiger partial charge in [0.2, 0.25) is 0 Å². The van der Waals surface area contributed by atoms with Crippen molar-refractivity contribution in [2.75, 3.05) is 0 Å². The minimum atomic E-state index is -0.466. The number of rotatable bonds is 3. The standard InChI is InChI=1S/C14H10F2N2S2/c1-8-6-19-13(17-8)5-14-18-12(7-20-14)10-4-9(15)2-3-11(10)16/h2-4,6-7H,5H2,1H3. The van der Waals surface area contributed by atoms with E-state index >= 15 is 0 Å². The van der Waals surface area contributed by atoms with Crippen LogP contribution in [0, 0.1) is 18.6 Å². The maximum absolute atomic E-state index is 13.7. The fourth-order valence-corrected chi connectivity index (χ4v) is 3.49. The minimum Gasteiger partial charge on any atom is -0.246 e. The van der Waals surface area contributed by atoms with Crippen LogP contribution in [0.25, 0.3) is 11.3 Å². The Kier molecular flexibility index (Phi) is 3.58. The Morgan fingerprint density at radius 1 is 1.05 bits per heavy atom. The molecule has 0 unspecified atom stereocenters. The molecule has 0 aliphatic rings. The Morgan fingerprint density at radius 3 is 2.55 bits per heavy atom. The van der Waals surface area contributed by atoms with Crippen molar-refractivity contribution in [3.63, 3.8) is 0 Å². The number of benzene rings is 1. The monoisotopic (exact) mass is 308 g/mol. The van der Waals surface area contributed by atoms with Gasteiger partial charge >= 0.3 is 0 Å². The van der Waals surface area contributed by atoms with Gasteiger partial charge in [-0.25, -0.2) is 18.7 Å². The highest BCUT2D eigenvalue weighted by molar-refractivity contribution is 7.11. The molecule has 0 saturated carbocycles. The summed E-state index contributed by atoms with van der Waals surface area (Å²) in [6.07, 6.45) is 0.625. The van der Waals surface area contributed by atoms with Crippen LogP contribution in [0.15, 0.2) is 29.0 Å². The van der Waals surface area contributed by atoms with Crippen LogP contribution in [0.1, 0.15) is 15.7 Å². The first kappa shape index (κ1) is 13.3. The quantitative estimate of drug-likeness (QED) is 0.714. The highest BCUT2D eigenvalue weighted by Gasteiger charge is 2.11. The van der Waals surface area contributed by atoms with Gasteiger partial charge in [-0.1, -0.05) is 0 Å². The zero-order valence-electron chi connectivity index (χ0n) is 10.6. The first-order valence-corrected chi connectivity index (χ1v) is 7.68. The predicted molar refractivity (Wildman–Crippen MR) is 77.1 cm³/mol. The summed E-state index contributed by atoms with van der Waals surface area (Å²) >= 11 is 3.01. The third kappa shape index (κ3) is 2.76. The van der Waals surface area contributed by atoms with Crippen molar-refractivity contribution in [1.82, 2.24) is 9.97 Å². The molecule has 2 aromatic heterocycles. The van der Waals surface area contributed by atoms with Crippen molar-refractivity contribution in [1.29, 1.82) is 0 Å². The lowest BCUT2D eigenvalue weighted by atomic mass is 10.1. The second kappa shape index (κ2) is 5.38. The van der Waals surface area contributed by atoms with Crippen LogP contribution in [-0.2, 0) is 6.42 Å². The van der Waals surface area contributed by atoms with Crippen molar-refractivity contribution in [2.24, 2.45) is 0 Å². The number of aromatic nitrogens is 2. The van der Waals surface area contributed by atoms with Gasteiger partial charge in [-0.2, -0.15) is 0 Å². The molecular weight excluding hydrogens is 298 g/mol. The number of hydrogen-bond acceptors (Lipinski definition) is 4. The molecule has 0 saturated heterocycles. The molecule has 2 nitrogen and oxygen atoms in total. The second-order valence-corrected chi connectivity index (χ2v) is 6.20. The molecule has 0 aliphatic carbocycles. The van der Waals surface area contributed by atoms with Crippen LogP contribution in [-0.4, -0.2) is 9.97 Å². The summed E-state index contributed by atoms with van der Waals surface area (Å²) in [6, 6.07) is 3.39. The SMILES string of the molecule is Cc1csc(Cc2nc(-c3cc(F)ccc3F)cs2)n1. The topological polar surface area (TPSA) is 25.8 Å². The summed E-state index contributed by atoms with van der Waals surface area (Å²) in [6.45, 7) is 1.94. The lowest BCUT2D eigenvalue weighted by Crippen LogP contribution is -1.89. The van der Waals surface area contributed by atoms with Crippen molar-refractivity contribution in [3.8, 4) is 11.3 Å². The van der Waals surface area contributed by atoms with Gasteiger partial charge in [-0.15, -0.1) is 22.7 Å². The minimum absolute atomic E-state index is 0.197. The van der Waals surface area contributed by atoms with Crippen LogP contribution in [0.3, 0.4) is 0 Å². The maximum Gasteiger partial charge on any atom is 0.132 e. The number of halogens is 2. The lowest BCUT2D eigenvalue weighted by Gasteiger charge is -1.99. The molecule has 2 heterocycles. The van der Waals surface area contributed by atoms with Gasteiger partial charge in [0.1, 0.15) is 16.6 Å². The van der Waals surface area contributed by atoms with Gasteiger partial charge in [-0.3, -0.25) is 0 Å². The fourth-order valence-electron chi connectivity index (χ4n) is 1.82. The molecule has 0 spiro atoms. The molecule has 0 N–H and O–H groups in total. The summed E-state index contributed by atoms with van der Waals surface area (Å²) in [4.78, 5) is 8.74. The Labute approximate surface area is 122 Å². The fraction of sp³-hybridized carbons (Fsp3) is 0.143. The molecule has 102 valence electrons. The van der Waals surface area contributed by atoms with E-state index in [2.05, 4.69) is 9.97 Å². The van der Waals surface area contributed by atoms with E-state index in [1.165, 1.54) is 17.4 Å². The molecule has 1 aromatic carbocycles. The Hall–Kier alpha value is -1.66. The summed E-state index contributed by atoms with van der Waals surface area (Å²) in [7, 11) is 0. The molecule has 0 aliphatic heterocycles. The van der Waals surface area contributed by atoms with E-state index < -0.39 is 11.6 Å². The smallest absolute Gasteiger partial charge is 0.132 e. The van der Waals surface area contributed by atoms with E-state index in [1.807, 2.05) is 12.3 Å². The lowest BCUT2D eigenvalue weighted by molar-refractivity contribution is 0.602. The van der Waals surface area contributed by atoms with E-state index in [0.717, 1.165) is 27.8 Å². The maximum atomic E-state index is 13.7. The molecular formula is C14H10F2N2S2. The normalized spacial score (nSPS) is 10.9. The summed E-state index contributed by atoms with van der Waals surface area (Å²) in [5.41, 5.74) is 1.65. The van der Waals surface area contributed by atoms with Gasteiger partial charge in [0, 0.05) is 22.0 Å². The van der Waals surface area contributed by atoms with Crippen LogP contribution >= 0.6 is 22.7 Å². The van der Waals surface area contributed by atoms with Crippen LogP contribution in [0.2, 0.25) is 0 Å². The van der Waals surface area contributed by atoms with Gasteiger partial charge in [-0.05, 0) is 25.1 Å². The molecule has 0 bridgehead atoms. The average molecular weight is 308 g/mol. The highest BCUT2D eigenvalue weighted by atomic mass is 32.1. The number of thiazole rings is 2. The van der Waals surface area contributed by atoms with Crippen LogP contribution < -0.4 is 0 Å². The van der Waals surface area contributed by atoms with Gasteiger partial charge in [0.05, 0.1) is 17.1 Å². The van der Waals surface area contributed by atoms with Crippen LogP contribution in [0.4, 0.5) is 8.78 Å². The Balaban J connectivity index is 1.88. The average Bonchev–Trinajstić information content (AvgIpc) is 3.02. The molecule has 0 amide bonds. The van der Waals surface area contributed by atoms with E-state index in [4.69, 9.17) is 0 Å². The zero-order valence-corrected chi connectivity index (χ0v) is 12.2. The van der Waals surface area contributed by atoms with Crippen LogP contribution in [0.5, 0.6) is 0 Å². The predicted octanol–water partition coefficient (Wildman–Crippen LogP) is 4.44. The first-order chi connectivity index (χ1) is 9.61. The molecule has 3 rings (SSSR count). The first-order valence-electron chi connectivity index (χ1n) is 5.92. The summed E-state index contributed by atoms with van der Waals surface area (Å²) in [5, 5.41) is 5.55. The van der Waals surface area contributed by atoms with Crippen molar-refractivity contribution >= 4 is 22.7 Å². The zero-order chi connectivity index (χ0) is 14.1. The molecule has 20 heavy (non-hydrogen) atoms. The second-order valence-electron chi connectivity index (χ2n) is 4.31. The van der Waals surface area contributed by atoms with E-state index in [9.17, 15) is 8.78 Å². The Morgan fingerprint density at radius 2 is 1.80 bits per heavy atom.